The van der Waals surface area contributed by atoms with Gasteiger partial charge in [-0.1, -0.05) is 0 Å². The fourth-order valence-electron chi connectivity index (χ4n) is 1.60. The molecular weight excluding hydrogens is 278 g/mol. The highest BCUT2D eigenvalue weighted by molar-refractivity contribution is 7.90. The molecule has 0 bridgehead atoms. The monoisotopic (exact) mass is 301 g/mol. The molecular formula is C13H23N3O3S. The predicted molar refractivity (Wildman–Crippen MR) is 80.9 cm³/mol. The van der Waals surface area contributed by atoms with Crippen LogP contribution >= 0.6 is 0 Å². The Morgan fingerprint density at radius 2 is 2.05 bits per heavy atom. The Morgan fingerprint density at radius 3 is 2.55 bits per heavy atom. The van der Waals surface area contributed by atoms with E-state index in [0.29, 0.717) is 18.0 Å². The van der Waals surface area contributed by atoms with Crippen molar-refractivity contribution in [2.24, 2.45) is 5.73 Å². The predicted octanol–water partition coefficient (Wildman–Crippen LogP) is 1.54. The second kappa shape index (κ2) is 6.92. The maximum absolute atomic E-state index is 12.1. The van der Waals surface area contributed by atoms with Gasteiger partial charge in [0.05, 0.1) is 12.3 Å². The summed E-state index contributed by atoms with van der Waals surface area (Å²) < 4.78 is 33.4. The van der Waals surface area contributed by atoms with Crippen LogP contribution in [0.25, 0.3) is 0 Å². The first kappa shape index (κ1) is 16.7. The third-order valence-corrected chi connectivity index (χ3v) is 4.61. The third-order valence-electron chi connectivity index (χ3n) is 2.93. The second-order valence-electron chi connectivity index (χ2n) is 4.68. The minimum absolute atomic E-state index is 0.121. The topological polar surface area (TPSA) is 84.7 Å². The van der Waals surface area contributed by atoms with Gasteiger partial charge in [-0.25, -0.2) is 0 Å². The van der Waals surface area contributed by atoms with E-state index in [0.717, 1.165) is 5.56 Å². The Kier molecular flexibility index (Phi) is 5.79. The van der Waals surface area contributed by atoms with Crippen molar-refractivity contribution in [3.63, 3.8) is 0 Å². The first-order valence-electron chi connectivity index (χ1n) is 6.53. The fourth-order valence-corrected chi connectivity index (χ4v) is 2.72. The summed E-state index contributed by atoms with van der Waals surface area (Å²) in [6.45, 7) is 6.32. The number of ether oxygens (including phenoxy) is 1. The normalized spacial score (nSPS) is 11.9. The van der Waals surface area contributed by atoms with E-state index in [-0.39, 0.29) is 12.6 Å². The highest BCUT2D eigenvalue weighted by Gasteiger charge is 2.20. The summed E-state index contributed by atoms with van der Waals surface area (Å²) in [7, 11) is -2.03. The molecule has 6 nitrogen and oxygen atoms in total. The highest BCUT2D eigenvalue weighted by Crippen LogP contribution is 2.23. The van der Waals surface area contributed by atoms with Crippen molar-refractivity contribution < 1.29 is 13.2 Å². The number of benzene rings is 1. The van der Waals surface area contributed by atoms with Crippen LogP contribution in [0.3, 0.4) is 0 Å². The molecule has 0 fully saturated rings. The van der Waals surface area contributed by atoms with E-state index < -0.39 is 10.2 Å². The SMILES string of the molecule is CCOc1ccc(NS(=O)(=O)N(C)C(C)C)cc1CN. The molecule has 0 spiro atoms. The van der Waals surface area contributed by atoms with Gasteiger partial charge in [-0.2, -0.15) is 12.7 Å². The number of rotatable bonds is 7. The highest BCUT2D eigenvalue weighted by atomic mass is 32.2. The van der Waals surface area contributed by atoms with Crippen LogP contribution in [0.2, 0.25) is 0 Å². The van der Waals surface area contributed by atoms with E-state index in [4.69, 9.17) is 10.5 Å². The zero-order chi connectivity index (χ0) is 15.3. The van der Waals surface area contributed by atoms with Crippen LogP contribution in [0, 0.1) is 0 Å². The molecule has 20 heavy (non-hydrogen) atoms. The molecule has 1 aromatic rings. The molecule has 0 amide bonds. The molecule has 1 rings (SSSR count). The lowest BCUT2D eigenvalue weighted by atomic mass is 10.2. The molecule has 0 aromatic heterocycles. The molecule has 114 valence electrons. The van der Waals surface area contributed by atoms with Crippen LogP contribution in [-0.2, 0) is 16.8 Å². The maximum Gasteiger partial charge on any atom is 0.301 e. The minimum atomic E-state index is -3.56. The zero-order valence-electron chi connectivity index (χ0n) is 12.4. The molecule has 7 heteroatoms. The van der Waals surface area contributed by atoms with Crippen molar-refractivity contribution in [1.82, 2.24) is 4.31 Å². The minimum Gasteiger partial charge on any atom is -0.494 e. The van der Waals surface area contributed by atoms with Gasteiger partial charge in [0.1, 0.15) is 5.75 Å². The van der Waals surface area contributed by atoms with Crippen LogP contribution in [-0.4, -0.2) is 32.4 Å². The van der Waals surface area contributed by atoms with Crippen molar-refractivity contribution in [3.05, 3.63) is 23.8 Å². The van der Waals surface area contributed by atoms with E-state index in [1.165, 1.54) is 11.4 Å². The molecule has 1 aromatic carbocycles. The van der Waals surface area contributed by atoms with Crippen LogP contribution in [0.1, 0.15) is 26.3 Å². The Labute approximate surface area is 121 Å². The molecule has 0 saturated carbocycles. The van der Waals surface area contributed by atoms with Gasteiger partial charge in [0.2, 0.25) is 0 Å². The van der Waals surface area contributed by atoms with Crippen LogP contribution in [0.4, 0.5) is 5.69 Å². The van der Waals surface area contributed by atoms with E-state index >= 15 is 0 Å². The van der Waals surface area contributed by atoms with E-state index in [1.807, 2.05) is 20.8 Å². The van der Waals surface area contributed by atoms with Gasteiger partial charge in [0, 0.05) is 25.2 Å². The summed E-state index contributed by atoms with van der Waals surface area (Å²) in [5.74, 6) is 0.676. The van der Waals surface area contributed by atoms with Gasteiger partial charge in [0.25, 0.3) is 0 Å². The lowest BCUT2D eigenvalue weighted by Gasteiger charge is -2.22. The van der Waals surface area contributed by atoms with Gasteiger partial charge in [-0.15, -0.1) is 0 Å². The van der Waals surface area contributed by atoms with Gasteiger partial charge >= 0.3 is 10.2 Å². The summed E-state index contributed by atoms with van der Waals surface area (Å²) in [5.41, 5.74) is 6.89. The van der Waals surface area contributed by atoms with Gasteiger partial charge < -0.3 is 10.5 Å². The van der Waals surface area contributed by atoms with Crippen LogP contribution in [0.5, 0.6) is 5.75 Å². The number of nitrogens with zero attached hydrogens (tertiary/aromatic N) is 1. The Morgan fingerprint density at radius 1 is 1.40 bits per heavy atom. The Bertz CT molecular complexity index is 544. The molecule has 0 radical (unpaired) electrons. The number of anilines is 1. The molecule has 0 saturated heterocycles. The number of nitrogens with one attached hydrogen (secondary N) is 1. The third kappa shape index (κ3) is 4.09. The van der Waals surface area contributed by atoms with Crippen molar-refractivity contribution in [2.75, 3.05) is 18.4 Å². The Hall–Kier alpha value is -1.31. The summed E-state index contributed by atoms with van der Waals surface area (Å²) in [6, 6.07) is 4.95. The number of hydrogen-bond acceptors (Lipinski definition) is 4. The number of nitrogens with two attached hydrogens (primary N) is 1. The van der Waals surface area contributed by atoms with Gasteiger partial charge in [-0.3, -0.25) is 4.72 Å². The standard InChI is InChI=1S/C13H23N3O3S/c1-5-19-13-7-6-12(8-11(13)9-14)15-20(17,18)16(4)10(2)3/h6-8,10,15H,5,9,14H2,1-4H3. The van der Waals surface area contributed by atoms with E-state index in [2.05, 4.69) is 4.72 Å². The molecule has 0 aliphatic rings. The zero-order valence-corrected chi connectivity index (χ0v) is 13.2. The summed E-state index contributed by atoms with van der Waals surface area (Å²) in [4.78, 5) is 0. The van der Waals surface area contributed by atoms with E-state index in [9.17, 15) is 8.42 Å². The quantitative estimate of drug-likeness (QED) is 0.800. The molecule has 0 aliphatic heterocycles. The smallest absolute Gasteiger partial charge is 0.301 e. The molecule has 0 atom stereocenters. The van der Waals surface area contributed by atoms with Gasteiger partial charge in [0.15, 0.2) is 0 Å². The lowest BCUT2D eigenvalue weighted by molar-refractivity contribution is 0.336. The summed E-state index contributed by atoms with van der Waals surface area (Å²) >= 11 is 0. The number of hydrogen-bond donors (Lipinski definition) is 2. The van der Waals surface area contributed by atoms with Crippen LogP contribution in [0.15, 0.2) is 18.2 Å². The molecule has 0 unspecified atom stereocenters. The summed E-state index contributed by atoms with van der Waals surface area (Å²) in [5, 5.41) is 0. The summed E-state index contributed by atoms with van der Waals surface area (Å²) in [6.07, 6.45) is 0. The lowest BCUT2D eigenvalue weighted by Crippen LogP contribution is -2.37. The van der Waals surface area contributed by atoms with Crippen molar-refractivity contribution in [2.45, 2.75) is 33.4 Å². The molecule has 3 N–H and O–H groups in total. The van der Waals surface area contributed by atoms with E-state index in [1.54, 1.807) is 18.2 Å². The first-order chi connectivity index (χ1) is 9.31. The second-order valence-corrected chi connectivity index (χ2v) is 6.41. The van der Waals surface area contributed by atoms with Crippen molar-refractivity contribution >= 4 is 15.9 Å². The van der Waals surface area contributed by atoms with Crippen molar-refractivity contribution in [3.8, 4) is 5.75 Å². The molecule has 0 heterocycles. The molecule has 0 aliphatic carbocycles. The van der Waals surface area contributed by atoms with Crippen molar-refractivity contribution in [1.29, 1.82) is 0 Å². The Balaban J connectivity index is 2.99. The van der Waals surface area contributed by atoms with Crippen LogP contribution < -0.4 is 15.2 Å². The first-order valence-corrected chi connectivity index (χ1v) is 7.97. The van der Waals surface area contributed by atoms with Gasteiger partial charge in [-0.05, 0) is 39.0 Å². The maximum atomic E-state index is 12.1. The average Bonchev–Trinajstić information content (AvgIpc) is 2.39. The largest absolute Gasteiger partial charge is 0.494 e. The average molecular weight is 301 g/mol. The fraction of sp³-hybridized carbons (Fsp3) is 0.538.